The Morgan fingerprint density at radius 2 is 2.21 bits per heavy atom. The van der Waals surface area contributed by atoms with Crippen molar-refractivity contribution in [2.75, 3.05) is 26.7 Å². The van der Waals surface area contributed by atoms with E-state index >= 15 is 0 Å². The maximum Gasteiger partial charge on any atom is 0.230 e. The van der Waals surface area contributed by atoms with E-state index < -0.39 is 5.89 Å². The third-order valence-electron chi connectivity index (χ3n) is 5.48. The molecule has 2 aromatic rings. The molecule has 1 aliphatic heterocycles. The van der Waals surface area contributed by atoms with Crippen molar-refractivity contribution in [3.8, 4) is 0 Å². The zero-order valence-electron chi connectivity index (χ0n) is 15.6. The number of carbonyl (C=O) groups is 1. The molecule has 0 saturated heterocycles. The normalized spacial score (nSPS) is 26.7. The Morgan fingerprint density at radius 3 is 2.96 bits per heavy atom. The third-order valence-corrected chi connectivity index (χ3v) is 5.48. The lowest BCUT2D eigenvalue weighted by Crippen LogP contribution is -2.47. The molecule has 4 nitrogen and oxygen atoms in total. The molecule has 2 atom stereocenters. The Balaban J connectivity index is 1.86. The highest BCUT2D eigenvalue weighted by molar-refractivity contribution is 5.99. The summed E-state index contributed by atoms with van der Waals surface area (Å²) in [6.07, 6.45) is 4.96. The summed E-state index contributed by atoms with van der Waals surface area (Å²) in [5.74, 6) is -1.31. The van der Waals surface area contributed by atoms with Gasteiger partial charge in [0, 0.05) is 44.1 Å². The number of rotatable bonds is 3. The molecule has 0 unspecified atom stereocenters. The van der Waals surface area contributed by atoms with E-state index in [-0.39, 0.29) is 11.9 Å². The molecule has 2 aliphatic rings. The van der Waals surface area contributed by atoms with Gasteiger partial charge in [-0.15, -0.1) is 0 Å². The van der Waals surface area contributed by atoms with Gasteiger partial charge in [0.15, 0.2) is 0 Å². The smallest absolute Gasteiger partial charge is 0.230 e. The second-order valence-corrected chi connectivity index (χ2v) is 6.78. The van der Waals surface area contributed by atoms with Crippen LogP contribution in [0.15, 0.2) is 30.5 Å². The fraction of sp³-hybridized carbons (Fsp3) is 0.450. The SMILES string of the molecule is [2H][C@@]1(C(=O)N(CC)CC)C=C2c3cccc4[nH]cc(c34)C[C@H]2N(C)C1. The number of amides is 1. The summed E-state index contributed by atoms with van der Waals surface area (Å²) in [4.78, 5) is 20.3. The Kier molecular flexibility index (Phi) is 3.44. The molecular formula is C20H25N3O. The largest absolute Gasteiger partial charge is 0.361 e. The molecule has 4 rings (SSSR count). The minimum atomic E-state index is -1.22. The van der Waals surface area contributed by atoms with E-state index in [0.29, 0.717) is 19.6 Å². The molecule has 0 spiro atoms. The number of H-pyrrole nitrogens is 1. The van der Waals surface area contributed by atoms with Gasteiger partial charge in [-0.25, -0.2) is 0 Å². The van der Waals surface area contributed by atoms with Crippen molar-refractivity contribution in [1.29, 1.82) is 0 Å². The molecule has 1 aromatic carbocycles. The first-order chi connectivity index (χ1) is 12.0. The number of likely N-dealkylation sites (N-methyl/N-ethyl adjacent to an activating group) is 1. The standard InChI is InChI=1S/C20H25N3O/c1-4-23(5-2)20(24)14-9-16-15-7-6-8-17-19(15)13(11-21-17)10-18(16)22(3)12-14/h6-9,11,14,18,21H,4-5,10,12H2,1-3H3/t14-,18-/m1/s1/i14D. The van der Waals surface area contributed by atoms with Crippen LogP contribution in [0.4, 0.5) is 0 Å². The molecule has 0 fully saturated rings. The van der Waals surface area contributed by atoms with E-state index in [1.807, 2.05) is 33.0 Å². The lowest BCUT2D eigenvalue weighted by Gasteiger charge is -2.40. The summed E-state index contributed by atoms with van der Waals surface area (Å²) >= 11 is 0. The van der Waals surface area contributed by atoms with E-state index in [1.165, 1.54) is 16.5 Å². The molecule has 126 valence electrons. The number of benzene rings is 1. The van der Waals surface area contributed by atoms with Crippen LogP contribution in [0.3, 0.4) is 0 Å². The highest BCUT2D eigenvalue weighted by atomic mass is 16.2. The second kappa shape index (κ2) is 5.78. The van der Waals surface area contributed by atoms with Crippen LogP contribution >= 0.6 is 0 Å². The number of hydrogen-bond donors (Lipinski definition) is 1. The van der Waals surface area contributed by atoms with Crippen molar-refractivity contribution in [2.45, 2.75) is 26.3 Å². The number of hydrogen-bond acceptors (Lipinski definition) is 2. The zero-order valence-corrected chi connectivity index (χ0v) is 14.6. The van der Waals surface area contributed by atoms with Crippen LogP contribution in [0, 0.1) is 5.89 Å². The van der Waals surface area contributed by atoms with Gasteiger partial charge in [-0.2, -0.15) is 0 Å². The van der Waals surface area contributed by atoms with Gasteiger partial charge in [0.2, 0.25) is 5.91 Å². The Labute approximate surface area is 144 Å². The molecule has 0 saturated carbocycles. The van der Waals surface area contributed by atoms with Crippen LogP contribution in [0.2, 0.25) is 0 Å². The number of fused-ring (bicyclic) bond motifs is 2. The zero-order chi connectivity index (χ0) is 17.8. The van der Waals surface area contributed by atoms with E-state index in [1.54, 1.807) is 4.90 Å². The first-order valence-electron chi connectivity index (χ1n) is 9.30. The Morgan fingerprint density at radius 1 is 1.42 bits per heavy atom. The van der Waals surface area contributed by atoms with Crippen LogP contribution in [0.1, 0.15) is 26.3 Å². The second-order valence-electron chi connectivity index (χ2n) is 6.78. The van der Waals surface area contributed by atoms with Gasteiger partial charge in [0.1, 0.15) is 0 Å². The highest BCUT2D eigenvalue weighted by Gasteiger charge is 2.36. The Bertz CT molecular complexity index is 867. The predicted molar refractivity (Wildman–Crippen MR) is 97.8 cm³/mol. The van der Waals surface area contributed by atoms with E-state index in [2.05, 4.69) is 28.2 Å². The molecular weight excluding hydrogens is 298 g/mol. The first kappa shape index (κ1) is 14.3. The van der Waals surface area contributed by atoms with Gasteiger partial charge >= 0.3 is 0 Å². The van der Waals surface area contributed by atoms with Crippen LogP contribution in [-0.2, 0) is 11.2 Å². The van der Waals surface area contributed by atoms with Crippen molar-refractivity contribution in [1.82, 2.24) is 14.8 Å². The molecule has 2 heterocycles. The maximum absolute atomic E-state index is 13.0. The predicted octanol–water partition coefficient (Wildman–Crippen LogP) is 2.91. The van der Waals surface area contributed by atoms with Crippen LogP contribution in [-0.4, -0.2) is 53.4 Å². The molecule has 24 heavy (non-hydrogen) atoms. The average molecular weight is 324 g/mol. The quantitative estimate of drug-likeness (QED) is 0.943. The minimum Gasteiger partial charge on any atom is -0.361 e. The van der Waals surface area contributed by atoms with Crippen LogP contribution < -0.4 is 0 Å². The summed E-state index contributed by atoms with van der Waals surface area (Å²) in [6.45, 7) is 5.67. The summed E-state index contributed by atoms with van der Waals surface area (Å²) in [7, 11) is 2.04. The van der Waals surface area contributed by atoms with Gasteiger partial charge in [0.25, 0.3) is 0 Å². The van der Waals surface area contributed by atoms with Gasteiger partial charge < -0.3 is 9.88 Å². The fourth-order valence-corrected chi connectivity index (χ4v) is 4.18. The van der Waals surface area contributed by atoms with Gasteiger partial charge in [-0.1, -0.05) is 18.2 Å². The lowest BCUT2D eigenvalue weighted by atomic mass is 9.79. The molecule has 1 aliphatic carbocycles. The number of aromatic nitrogens is 1. The van der Waals surface area contributed by atoms with Crippen molar-refractivity contribution in [2.24, 2.45) is 5.89 Å². The Hall–Kier alpha value is -2.07. The van der Waals surface area contributed by atoms with E-state index in [9.17, 15) is 4.79 Å². The summed E-state index contributed by atoms with van der Waals surface area (Å²) in [5.41, 5.74) is 4.75. The molecule has 1 aromatic heterocycles. The van der Waals surface area contributed by atoms with Crippen molar-refractivity contribution in [3.63, 3.8) is 0 Å². The monoisotopic (exact) mass is 324 g/mol. The molecule has 1 N–H and O–H groups in total. The number of nitrogens with one attached hydrogen (secondary N) is 1. The lowest BCUT2D eigenvalue weighted by molar-refractivity contribution is -0.134. The molecule has 0 bridgehead atoms. The fourth-order valence-electron chi connectivity index (χ4n) is 4.18. The molecule has 1 amide bonds. The van der Waals surface area contributed by atoms with Crippen LogP contribution in [0.5, 0.6) is 0 Å². The third kappa shape index (κ3) is 2.20. The number of carbonyl (C=O) groups excluding carboxylic acids is 1. The maximum atomic E-state index is 13.0. The topological polar surface area (TPSA) is 39.3 Å². The molecule has 4 heteroatoms. The number of aromatic amines is 1. The van der Waals surface area contributed by atoms with E-state index in [0.717, 1.165) is 17.5 Å². The highest BCUT2D eigenvalue weighted by Crippen LogP contribution is 2.40. The van der Waals surface area contributed by atoms with Gasteiger partial charge in [0.05, 0.1) is 5.89 Å². The van der Waals surface area contributed by atoms with Crippen molar-refractivity contribution >= 4 is 22.4 Å². The number of nitrogens with zero attached hydrogens (tertiary/aromatic N) is 2. The average Bonchev–Trinajstić information content (AvgIpc) is 3.02. The van der Waals surface area contributed by atoms with Crippen molar-refractivity contribution in [3.05, 3.63) is 41.6 Å². The van der Waals surface area contributed by atoms with Gasteiger partial charge in [-0.05, 0) is 50.1 Å². The van der Waals surface area contributed by atoms with Crippen molar-refractivity contribution < 1.29 is 6.17 Å². The summed E-state index contributed by atoms with van der Waals surface area (Å²) in [5, 5.41) is 1.25. The molecule has 0 radical (unpaired) electrons. The summed E-state index contributed by atoms with van der Waals surface area (Å²) < 4.78 is 8.94. The van der Waals surface area contributed by atoms with Crippen LogP contribution in [0.25, 0.3) is 16.5 Å². The van der Waals surface area contributed by atoms with Gasteiger partial charge in [-0.3, -0.25) is 9.69 Å². The summed E-state index contributed by atoms with van der Waals surface area (Å²) in [6, 6.07) is 6.49. The minimum absolute atomic E-state index is 0.0951. The first-order valence-corrected chi connectivity index (χ1v) is 8.80. The van der Waals surface area contributed by atoms with E-state index in [4.69, 9.17) is 1.37 Å².